The van der Waals surface area contributed by atoms with Crippen molar-refractivity contribution in [2.75, 3.05) is 7.11 Å². The maximum absolute atomic E-state index is 11.8. The van der Waals surface area contributed by atoms with Crippen molar-refractivity contribution in [1.29, 1.82) is 0 Å². The number of fused-ring (bicyclic) bond motifs is 1. The van der Waals surface area contributed by atoms with Crippen molar-refractivity contribution < 1.29 is 14.3 Å². The van der Waals surface area contributed by atoms with E-state index in [2.05, 4.69) is 18.8 Å². The van der Waals surface area contributed by atoms with Crippen LogP contribution in [0.1, 0.15) is 38.2 Å². The van der Waals surface area contributed by atoms with Crippen molar-refractivity contribution in [1.82, 2.24) is 14.5 Å². The Hall–Kier alpha value is -1.85. The Balaban J connectivity index is 2.38. The molecular weight excluding hydrogens is 246 g/mol. The van der Waals surface area contributed by atoms with Crippen LogP contribution in [0, 0.1) is 0 Å². The minimum absolute atomic E-state index is 0.127. The van der Waals surface area contributed by atoms with E-state index in [1.807, 2.05) is 4.57 Å². The van der Waals surface area contributed by atoms with Gasteiger partial charge in [0, 0.05) is 19.4 Å². The van der Waals surface area contributed by atoms with E-state index in [0.717, 1.165) is 11.4 Å². The van der Waals surface area contributed by atoms with E-state index in [1.54, 1.807) is 11.2 Å². The fourth-order valence-corrected chi connectivity index (χ4v) is 2.46. The number of imidazole rings is 1. The number of rotatable bonds is 2. The molecule has 104 valence electrons. The van der Waals surface area contributed by atoms with E-state index in [4.69, 9.17) is 4.74 Å². The third-order valence-corrected chi connectivity index (χ3v) is 3.50. The smallest absolute Gasteiger partial charge is 0.329 e. The highest BCUT2D eigenvalue weighted by Crippen LogP contribution is 2.25. The molecule has 0 N–H and O–H groups in total. The van der Waals surface area contributed by atoms with E-state index in [0.29, 0.717) is 13.0 Å². The van der Waals surface area contributed by atoms with Gasteiger partial charge in [-0.05, 0) is 13.8 Å². The summed E-state index contributed by atoms with van der Waals surface area (Å²) in [6, 6.07) is -0.287. The SMILES string of the molecule is COC(=O)C1Cc2ncn(C(C)C)c2CN1C(C)=O. The quantitative estimate of drug-likeness (QED) is 0.746. The molecular formula is C13H19N3O3. The number of ether oxygens (including phenoxy) is 1. The number of aromatic nitrogens is 2. The zero-order valence-electron chi connectivity index (χ0n) is 11.7. The van der Waals surface area contributed by atoms with Gasteiger partial charge >= 0.3 is 5.97 Å². The second kappa shape index (κ2) is 5.03. The summed E-state index contributed by atoms with van der Waals surface area (Å²) in [6.45, 7) is 6.00. The average Bonchev–Trinajstić information content (AvgIpc) is 2.78. The molecule has 6 heteroatoms. The summed E-state index contributed by atoms with van der Waals surface area (Å²) in [5.74, 6) is -0.516. The van der Waals surface area contributed by atoms with Gasteiger partial charge < -0.3 is 14.2 Å². The number of hydrogen-bond acceptors (Lipinski definition) is 4. The summed E-state index contributed by atoms with van der Waals surface area (Å²) in [6.07, 6.45) is 2.19. The van der Waals surface area contributed by atoms with Gasteiger partial charge in [0.2, 0.25) is 5.91 Å². The highest BCUT2D eigenvalue weighted by molar-refractivity contribution is 5.84. The lowest BCUT2D eigenvalue weighted by atomic mass is 10.0. The number of carbonyl (C=O) groups excluding carboxylic acids is 2. The molecule has 0 aromatic carbocycles. The van der Waals surface area contributed by atoms with Gasteiger partial charge in [0.05, 0.1) is 31.4 Å². The zero-order valence-corrected chi connectivity index (χ0v) is 11.7. The van der Waals surface area contributed by atoms with Crippen LogP contribution in [-0.4, -0.2) is 39.5 Å². The predicted octanol–water partition coefficient (Wildman–Crippen LogP) is 0.910. The molecule has 6 nitrogen and oxygen atoms in total. The van der Waals surface area contributed by atoms with Crippen LogP contribution in [-0.2, 0) is 27.3 Å². The van der Waals surface area contributed by atoms with Gasteiger partial charge in [0.25, 0.3) is 0 Å². The molecule has 0 bridgehead atoms. The van der Waals surface area contributed by atoms with Crippen LogP contribution in [0.4, 0.5) is 0 Å². The Morgan fingerprint density at radius 3 is 2.68 bits per heavy atom. The van der Waals surface area contributed by atoms with E-state index in [9.17, 15) is 9.59 Å². The van der Waals surface area contributed by atoms with Crippen LogP contribution in [0.15, 0.2) is 6.33 Å². The highest BCUT2D eigenvalue weighted by atomic mass is 16.5. The van der Waals surface area contributed by atoms with Gasteiger partial charge in [-0.2, -0.15) is 0 Å². The largest absolute Gasteiger partial charge is 0.467 e. The molecule has 1 amide bonds. The van der Waals surface area contributed by atoms with Gasteiger partial charge in [-0.25, -0.2) is 9.78 Å². The van der Waals surface area contributed by atoms with Gasteiger partial charge in [-0.1, -0.05) is 0 Å². The normalized spacial score (nSPS) is 18.4. The molecule has 1 aromatic heterocycles. The Labute approximate surface area is 112 Å². The Bertz CT molecular complexity index is 507. The first-order chi connectivity index (χ1) is 8.95. The summed E-state index contributed by atoms with van der Waals surface area (Å²) in [5.41, 5.74) is 1.88. The maximum Gasteiger partial charge on any atom is 0.329 e. The number of amides is 1. The van der Waals surface area contributed by atoms with Crippen molar-refractivity contribution in [2.24, 2.45) is 0 Å². The van der Waals surface area contributed by atoms with Gasteiger partial charge in [0.15, 0.2) is 0 Å². The van der Waals surface area contributed by atoms with E-state index in [1.165, 1.54) is 14.0 Å². The molecule has 1 aliphatic heterocycles. The standard InChI is InChI=1S/C13H19N3O3/c1-8(2)16-7-14-10-5-11(13(18)19-4)15(9(3)17)6-12(10)16/h7-8,11H,5-6H2,1-4H3. The fraction of sp³-hybridized carbons (Fsp3) is 0.615. The van der Waals surface area contributed by atoms with Gasteiger partial charge in [-0.15, -0.1) is 0 Å². The third-order valence-electron chi connectivity index (χ3n) is 3.50. The topological polar surface area (TPSA) is 64.4 Å². The lowest BCUT2D eigenvalue weighted by Gasteiger charge is -2.33. The Morgan fingerprint density at radius 1 is 1.47 bits per heavy atom. The number of hydrogen-bond donors (Lipinski definition) is 0. The number of carbonyl (C=O) groups is 2. The molecule has 1 unspecified atom stereocenters. The summed E-state index contributed by atoms with van der Waals surface area (Å²) in [4.78, 5) is 29.4. The molecule has 0 aliphatic carbocycles. The van der Waals surface area contributed by atoms with Crippen molar-refractivity contribution in [3.05, 3.63) is 17.7 Å². The van der Waals surface area contributed by atoms with Crippen molar-refractivity contribution in [2.45, 2.75) is 45.8 Å². The first-order valence-corrected chi connectivity index (χ1v) is 6.35. The molecule has 0 saturated carbocycles. The first kappa shape index (κ1) is 13.6. The zero-order chi connectivity index (χ0) is 14.2. The summed E-state index contributed by atoms with van der Waals surface area (Å²) >= 11 is 0. The molecule has 1 atom stereocenters. The van der Waals surface area contributed by atoms with Crippen LogP contribution in [0.25, 0.3) is 0 Å². The van der Waals surface area contributed by atoms with Crippen LogP contribution < -0.4 is 0 Å². The molecule has 0 radical (unpaired) electrons. The molecule has 1 aromatic rings. The lowest BCUT2D eigenvalue weighted by Crippen LogP contribution is -2.48. The Kier molecular flexibility index (Phi) is 3.59. The number of esters is 1. The van der Waals surface area contributed by atoms with E-state index >= 15 is 0 Å². The fourth-order valence-electron chi connectivity index (χ4n) is 2.46. The average molecular weight is 265 g/mol. The molecule has 0 spiro atoms. The summed E-state index contributed by atoms with van der Waals surface area (Å²) in [7, 11) is 1.34. The monoisotopic (exact) mass is 265 g/mol. The van der Waals surface area contributed by atoms with Gasteiger partial charge in [-0.3, -0.25) is 4.79 Å². The predicted molar refractivity (Wildman–Crippen MR) is 68.3 cm³/mol. The van der Waals surface area contributed by atoms with Gasteiger partial charge in [0.1, 0.15) is 6.04 Å². The molecule has 2 rings (SSSR count). The van der Waals surface area contributed by atoms with E-state index in [-0.39, 0.29) is 17.9 Å². The second-order valence-electron chi connectivity index (χ2n) is 5.03. The summed E-state index contributed by atoms with van der Waals surface area (Å²) < 4.78 is 6.81. The summed E-state index contributed by atoms with van der Waals surface area (Å²) in [5, 5.41) is 0. The first-order valence-electron chi connectivity index (χ1n) is 6.35. The molecule has 19 heavy (non-hydrogen) atoms. The van der Waals surface area contributed by atoms with Crippen LogP contribution in [0.5, 0.6) is 0 Å². The van der Waals surface area contributed by atoms with Crippen molar-refractivity contribution in [3.8, 4) is 0 Å². The minimum Gasteiger partial charge on any atom is -0.467 e. The van der Waals surface area contributed by atoms with Crippen LogP contribution in [0.2, 0.25) is 0 Å². The Morgan fingerprint density at radius 2 is 2.16 bits per heavy atom. The maximum atomic E-state index is 11.8. The van der Waals surface area contributed by atoms with E-state index < -0.39 is 6.04 Å². The molecule has 0 fully saturated rings. The number of nitrogens with zero attached hydrogens (tertiary/aromatic N) is 3. The lowest BCUT2D eigenvalue weighted by molar-refractivity contribution is -0.153. The van der Waals surface area contributed by atoms with Crippen molar-refractivity contribution in [3.63, 3.8) is 0 Å². The molecule has 0 saturated heterocycles. The van der Waals surface area contributed by atoms with Crippen LogP contribution in [0.3, 0.4) is 0 Å². The number of methoxy groups -OCH3 is 1. The molecule has 1 aliphatic rings. The van der Waals surface area contributed by atoms with Crippen LogP contribution >= 0.6 is 0 Å². The molecule has 2 heterocycles. The van der Waals surface area contributed by atoms with Crippen molar-refractivity contribution >= 4 is 11.9 Å². The highest BCUT2D eigenvalue weighted by Gasteiger charge is 2.36. The minimum atomic E-state index is -0.564. The third kappa shape index (κ3) is 2.34. The second-order valence-corrected chi connectivity index (χ2v) is 5.03.